The van der Waals surface area contributed by atoms with Gasteiger partial charge in [0.15, 0.2) is 0 Å². The monoisotopic (exact) mass is 206 g/mol. The highest BCUT2D eigenvalue weighted by molar-refractivity contribution is 5.78. The summed E-state index contributed by atoms with van der Waals surface area (Å²) in [6, 6.07) is 1.99. The Hall–Kier alpha value is -1.25. The van der Waals surface area contributed by atoms with Crippen LogP contribution >= 0.6 is 0 Å². The minimum Gasteiger partial charge on any atom is -0.367 e. The summed E-state index contributed by atoms with van der Waals surface area (Å²) < 4.78 is 0. The van der Waals surface area contributed by atoms with Gasteiger partial charge in [0.2, 0.25) is 5.91 Å². The van der Waals surface area contributed by atoms with Crippen LogP contribution < -0.4 is 5.32 Å². The first-order valence-electron chi connectivity index (χ1n) is 5.75. The molecule has 0 radical (unpaired) electrons. The number of H-pyrrole nitrogens is 1. The van der Waals surface area contributed by atoms with Gasteiger partial charge in [-0.05, 0) is 24.5 Å². The molecule has 0 saturated heterocycles. The van der Waals surface area contributed by atoms with Gasteiger partial charge in [-0.15, -0.1) is 0 Å². The van der Waals surface area contributed by atoms with Gasteiger partial charge in [0, 0.05) is 24.9 Å². The second-order valence-corrected chi connectivity index (χ2v) is 4.27. The Morgan fingerprint density at radius 2 is 2.20 bits per heavy atom. The maximum absolute atomic E-state index is 11.8. The molecule has 82 valence electrons. The largest absolute Gasteiger partial charge is 0.367 e. The maximum Gasteiger partial charge on any atom is 0.223 e. The van der Waals surface area contributed by atoms with Gasteiger partial charge in [-0.1, -0.05) is 19.3 Å². The molecule has 15 heavy (non-hydrogen) atoms. The summed E-state index contributed by atoms with van der Waals surface area (Å²) in [6.07, 6.45) is 9.65. The van der Waals surface area contributed by atoms with Gasteiger partial charge in [-0.25, -0.2) is 0 Å². The summed E-state index contributed by atoms with van der Waals surface area (Å²) in [7, 11) is 0. The standard InChI is InChI=1S/C12H18N2O/c15-12(11-4-2-1-3-5-11)14-9-10-6-7-13-8-10/h6-8,11,13H,1-5,9H2,(H,14,15). The molecule has 1 aliphatic rings. The van der Waals surface area contributed by atoms with Gasteiger partial charge in [-0.2, -0.15) is 0 Å². The zero-order valence-electron chi connectivity index (χ0n) is 8.96. The fourth-order valence-corrected chi connectivity index (χ4v) is 2.17. The van der Waals surface area contributed by atoms with Crippen molar-refractivity contribution in [2.75, 3.05) is 0 Å². The van der Waals surface area contributed by atoms with Crippen molar-refractivity contribution >= 4 is 5.91 Å². The van der Waals surface area contributed by atoms with Crippen molar-refractivity contribution in [1.29, 1.82) is 0 Å². The van der Waals surface area contributed by atoms with Crippen LogP contribution in [-0.4, -0.2) is 10.9 Å². The Balaban J connectivity index is 1.76. The van der Waals surface area contributed by atoms with E-state index in [1.165, 1.54) is 19.3 Å². The molecule has 0 unspecified atom stereocenters. The van der Waals surface area contributed by atoms with Crippen molar-refractivity contribution in [3.63, 3.8) is 0 Å². The van der Waals surface area contributed by atoms with Gasteiger partial charge >= 0.3 is 0 Å². The Labute approximate surface area is 90.3 Å². The number of hydrogen-bond acceptors (Lipinski definition) is 1. The van der Waals surface area contributed by atoms with Crippen LogP contribution in [0, 0.1) is 5.92 Å². The van der Waals surface area contributed by atoms with Crippen molar-refractivity contribution < 1.29 is 4.79 Å². The van der Waals surface area contributed by atoms with E-state index in [4.69, 9.17) is 0 Å². The first-order valence-corrected chi connectivity index (χ1v) is 5.75. The molecule has 0 spiro atoms. The fourth-order valence-electron chi connectivity index (χ4n) is 2.17. The zero-order valence-corrected chi connectivity index (χ0v) is 8.96. The van der Waals surface area contributed by atoms with Crippen molar-refractivity contribution in [1.82, 2.24) is 10.3 Å². The average Bonchev–Trinajstić information content (AvgIpc) is 2.80. The van der Waals surface area contributed by atoms with Gasteiger partial charge in [0.25, 0.3) is 0 Å². The quantitative estimate of drug-likeness (QED) is 0.782. The highest BCUT2D eigenvalue weighted by Crippen LogP contribution is 2.23. The van der Waals surface area contributed by atoms with E-state index in [0.717, 1.165) is 18.4 Å². The molecule has 1 aromatic rings. The third-order valence-electron chi connectivity index (χ3n) is 3.11. The molecule has 1 heterocycles. The smallest absolute Gasteiger partial charge is 0.223 e. The van der Waals surface area contributed by atoms with Crippen LogP contribution in [0.25, 0.3) is 0 Å². The summed E-state index contributed by atoms with van der Waals surface area (Å²) in [5, 5.41) is 3.00. The number of nitrogens with one attached hydrogen (secondary N) is 2. The summed E-state index contributed by atoms with van der Waals surface area (Å²) in [5.74, 6) is 0.494. The van der Waals surface area contributed by atoms with Crippen LogP contribution in [0.15, 0.2) is 18.5 Å². The second-order valence-electron chi connectivity index (χ2n) is 4.27. The molecule has 1 fully saturated rings. The van der Waals surface area contributed by atoms with Crippen LogP contribution in [0.1, 0.15) is 37.7 Å². The lowest BCUT2D eigenvalue weighted by Gasteiger charge is -2.20. The van der Waals surface area contributed by atoms with Gasteiger partial charge in [-0.3, -0.25) is 4.79 Å². The van der Waals surface area contributed by atoms with Gasteiger partial charge < -0.3 is 10.3 Å². The molecule has 2 N–H and O–H groups in total. The molecule has 0 aromatic carbocycles. The first-order chi connectivity index (χ1) is 7.36. The van der Waals surface area contributed by atoms with Crippen LogP contribution in [0.2, 0.25) is 0 Å². The number of aromatic amines is 1. The first kappa shape index (κ1) is 10.3. The van der Waals surface area contributed by atoms with Crippen molar-refractivity contribution in [2.45, 2.75) is 38.6 Å². The van der Waals surface area contributed by atoms with Crippen molar-refractivity contribution in [2.24, 2.45) is 5.92 Å². The van der Waals surface area contributed by atoms with Crippen LogP contribution in [-0.2, 0) is 11.3 Å². The lowest BCUT2D eigenvalue weighted by Crippen LogP contribution is -2.31. The van der Waals surface area contributed by atoms with E-state index in [0.29, 0.717) is 6.54 Å². The highest BCUT2D eigenvalue weighted by atomic mass is 16.1. The molecule has 1 aromatic heterocycles. The number of amides is 1. The van der Waals surface area contributed by atoms with Gasteiger partial charge in [0.05, 0.1) is 0 Å². The van der Waals surface area contributed by atoms with E-state index >= 15 is 0 Å². The third-order valence-corrected chi connectivity index (χ3v) is 3.11. The molecule has 2 rings (SSSR count). The number of hydrogen-bond donors (Lipinski definition) is 2. The molecule has 0 aliphatic heterocycles. The normalized spacial score (nSPS) is 17.6. The molecule has 3 heteroatoms. The summed E-state index contributed by atoms with van der Waals surface area (Å²) in [6.45, 7) is 0.652. The topological polar surface area (TPSA) is 44.9 Å². The van der Waals surface area contributed by atoms with E-state index in [-0.39, 0.29) is 11.8 Å². The minimum absolute atomic E-state index is 0.232. The summed E-state index contributed by atoms with van der Waals surface area (Å²) in [4.78, 5) is 14.8. The number of aromatic nitrogens is 1. The maximum atomic E-state index is 11.8. The molecular formula is C12H18N2O. The van der Waals surface area contributed by atoms with Crippen molar-refractivity contribution in [3.05, 3.63) is 24.0 Å². The highest BCUT2D eigenvalue weighted by Gasteiger charge is 2.20. The summed E-state index contributed by atoms with van der Waals surface area (Å²) >= 11 is 0. The molecule has 1 amide bonds. The van der Waals surface area contributed by atoms with E-state index in [1.54, 1.807) is 0 Å². The van der Waals surface area contributed by atoms with Crippen LogP contribution in [0.5, 0.6) is 0 Å². The molecule has 1 saturated carbocycles. The van der Waals surface area contributed by atoms with Crippen LogP contribution in [0.4, 0.5) is 0 Å². The van der Waals surface area contributed by atoms with E-state index in [2.05, 4.69) is 10.3 Å². The Kier molecular flexibility index (Phi) is 3.43. The van der Waals surface area contributed by atoms with Crippen LogP contribution in [0.3, 0.4) is 0 Å². The SMILES string of the molecule is O=C(NCc1cc[nH]c1)C1CCCCC1. The fraction of sp³-hybridized carbons (Fsp3) is 0.583. The minimum atomic E-state index is 0.232. The van der Waals surface area contributed by atoms with E-state index in [9.17, 15) is 4.79 Å². The molecule has 0 bridgehead atoms. The second kappa shape index (κ2) is 5.01. The number of carbonyl (C=O) groups excluding carboxylic acids is 1. The Bertz CT molecular complexity index is 299. The number of carbonyl (C=O) groups is 1. The van der Waals surface area contributed by atoms with E-state index in [1.807, 2.05) is 18.5 Å². The average molecular weight is 206 g/mol. The lowest BCUT2D eigenvalue weighted by atomic mass is 9.89. The van der Waals surface area contributed by atoms with Crippen molar-refractivity contribution in [3.8, 4) is 0 Å². The molecule has 1 aliphatic carbocycles. The Morgan fingerprint density at radius 3 is 2.87 bits per heavy atom. The lowest BCUT2D eigenvalue weighted by molar-refractivity contribution is -0.126. The predicted octanol–water partition coefficient (Wildman–Crippen LogP) is 2.21. The number of rotatable bonds is 3. The Morgan fingerprint density at radius 1 is 1.40 bits per heavy atom. The molecular weight excluding hydrogens is 188 g/mol. The molecule has 3 nitrogen and oxygen atoms in total. The van der Waals surface area contributed by atoms with E-state index < -0.39 is 0 Å². The zero-order chi connectivity index (χ0) is 10.5. The summed E-state index contributed by atoms with van der Waals surface area (Å²) in [5.41, 5.74) is 1.14. The van der Waals surface area contributed by atoms with Gasteiger partial charge in [0.1, 0.15) is 0 Å². The third kappa shape index (κ3) is 2.85. The molecule has 0 atom stereocenters. The predicted molar refractivity (Wildman–Crippen MR) is 59.2 cm³/mol.